The topological polar surface area (TPSA) is 101 Å². The van der Waals surface area contributed by atoms with Crippen LogP contribution in [0.15, 0.2) is 15.9 Å². The number of aromatic hydroxyl groups is 1. The minimum absolute atomic E-state index is 0.0747. The summed E-state index contributed by atoms with van der Waals surface area (Å²) in [6.07, 6.45) is 7.55. The summed E-state index contributed by atoms with van der Waals surface area (Å²) in [5.74, 6) is 1.88. The van der Waals surface area contributed by atoms with Crippen LogP contribution >= 0.6 is 12.2 Å². The number of aliphatic imine (C=N–C) groups is 1. The molecule has 1 aliphatic carbocycles. The minimum Gasteiger partial charge on any atom is -0.494 e. The lowest BCUT2D eigenvalue weighted by molar-refractivity contribution is 0.170. The number of benzene rings is 1. The third kappa shape index (κ3) is 3.98. The number of hydrogen-bond acceptors (Lipinski definition) is 8. The van der Waals surface area contributed by atoms with Gasteiger partial charge in [0.1, 0.15) is 5.56 Å². The number of nitrogens with one attached hydrogen (secondary N) is 1. The van der Waals surface area contributed by atoms with Crippen molar-refractivity contribution in [2.75, 3.05) is 34.0 Å². The second-order valence-corrected chi connectivity index (χ2v) is 9.50. The first kappa shape index (κ1) is 22.9. The summed E-state index contributed by atoms with van der Waals surface area (Å²) >= 11 is 5.37. The lowest BCUT2D eigenvalue weighted by atomic mass is 9.91. The zero-order chi connectivity index (χ0) is 23.8. The van der Waals surface area contributed by atoms with Gasteiger partial charge < -0.3 is 19.3 Å². The largest absolute Gasteiger partial charge is 0.494 e. The molecule has 9 nitrogen and oxygen atoms in total. The number of rotatable bonds is 5. The number of H-pyrrole nitrogens is 1. The van der Waals surface area contributed by atoms with E-state index in [0.717, 1.165) is 49.8 Å². The molecule has 1 saturated carbocycles. The fourth-order valence-corrected chi connectivity index (χ4v) is 5.67. The normalized spacial score (nSPS) is 20.6. The summed E-state index contributed by atoms with van der Waals surface area (Å²) in [5, 5.41) is 11.0. The van der Waals surface area contributed by atoms with E-state index in [1.54, 1.807) is 11.7 Å². The second-order valence-electron chi connectivity index (χ2n) is 9.12. The number of fused-ring (bicyclic) bond motifs is 2. The summed E-state index contributed by atoms with van der Waals surface area (Å²) in [7, 11) is 3.67. The van der Waals surface area contributed by atoms with Crippen LogP contribution in [0.3, 0.4) is 0 Å². The highest BCUT2D eigenvalue weighted by molar-refractivity contribution is 7.71. The molecule has 2 aliphatic heterocycles. The molecule has 2 N–H and O–H groups in total. The Bertz CT molecular complexity index is 1230. The maximum absolute atomic E-state index is 12.6. The van der Waals surface area contributed by atoms with Gasteiger partial charge in [-0.25, -0.2) is 0 Å². The van der Waals surface area contributed by atoms with Gasteiger partial charge in [-0.1, -0.05) is 19.3 Å². The van der Waals surface area contributed by atoms with E-state index in [2.05, 4.69) is 14.9 Å². The molecule has 0 radical (unpaired) electrons. The Hall–Kier alpha value is -2.85. The zero-order valence-corrected chi connectivity index (χ0v) is 20.3. The molecule has 182 valence electrons. The first-order valence-corrected chi connectivity index (χ1v) is 12.2. The van der Waals surface area contributed by atoms with Gasteiger partial charge in [-0.2, -0.15) is 0 Å². The van der Waals surface area contributed by atoms with Crippen LogP contribution in [0.2, 0.25) is 0 Å². The average molecular weight is 487 g/mol. The van der Waals surface area contributed by atoms with Gasteiger partial charge in [-0.3, -0.25) is 24.2 Å². The van der Waals surface area contributed by atoms with E-state index in [9.17, 15) is 9.90 Å². The fourth-order valence-electron chi connectivity index (χ4n) is 5.35. The van der Waals surface area contributed by atoms with Crippen LogP contribution < -0.4 is 19.8 Å². The monoisotopic (exact) mass is 486 g/mol. The summed E-state index contributed by atoms with van der Waals surface area (Å²) in [5.41, 5.74) is 1.87. The second kappa shape index (κ2) is 9.42. The molecule has 2 aromatic rings. The van der Waals surface area contributed by atoms with Gasteiger partial charge in [-0.05, 0) is 50.2 Å². The SMILES string of the molecule is COc1c2c(cc3c1[C@@H](CN=Cc1c(O)n(C4CCCCC4)c(=S)[nH]c1=O)N(C)CC3)OCO2. The molecule has 0 amide bonds. The Morgan fingerprint density at radius 3 is 2.88 bits per heavy atom. The Morgan fingerprint density at radius 1 is 1.32 bits per heavy atom. The van der Waals surface area contributed by atoms with Crippen molar-refractivity contribution >= 4 is 18.4 Å². The molecular weight excluding hydrogens is 456 g/mol. The van der Waals surface area contributed by atoms with Gasteiger partial charge in [-0.15, -0.1) is 0 Å². The molecule has 34 heavy (non-hydrogen) atoms. The number of methoxy groups -OCH3 is 1. The number of aromatic nitrogens is 2. The van der Waals surface area contributed by atoms with Gasteiger partial charge in [0, 0.05) is 24.4 Å². The maximum Gasteiger partial charge on any atom is 0.264 e. The lowest BCUT2D eigenvalue weighted by Gasteiger charge is -2.35. The van der Waals surface area contributed by atoms with Crippen molar-refractivity contribution in [3.63, 3.8) is 0 Å². The third-order valence-corrected chi connectivity index (χ3v) is 7.44. The van der Waals surface area contributed by atoms with Crippen LogP contribution in [0.4, 0.5) is 0 Å². The van der Waals surface area contributed by atoms with E-state index in [1.807, 2.05) is 13.1 Å². The Balaban J connectivity index is 1.46. The molecule has 0 unspecified atom stereocenters. The Labute approximate surface area is 203 Å². The van der Waals surface area contributed by atoms with Crippen LogP contribution in [-0.4, -0.2) is 59.8 Å². The Kier molecular flexibility index (Phi) is 6.35. The smallest absolute Gasteiger partial charge is 0.264 e. The molecule has 1 aromatic heterocycles. The van der Waals surface area contributed by atoms with Crippen molar-refractivity contribution < 1.29 is 19.3 Å². The number of hydrogen-bond donors (Lipinski definition) is 2. The van der Waals surface area contributed by atoms with E-state index in [4.69, 9.17) is 26.4 Å². The van der Waals surface area contributed by atoms with Crippen LogP contribution in [0.1, 0.15) is 60.9 Å². The molecule has 3 aliphatic rings. The van der Waals surface area contributed by atoms with Gasteiger partial charge in [0.2, 0.25) is 18.4 Å². The van der Waals surface area contributed by atoms with Crippen molar-refractivity contribution in [1.82, 2.24) is 14.5 Å². The highest BCUT2D eigenvalue weighted by Crippen LogP contribution is 2.49. The highest BCUT2D eigenvalue weighted by atomic mass is 32.1. The van der Waals surface area contributed by atoms with E-state index in [0.29, 0.717) is 23.8 Å². The van der Waals surface area contributed by atoms with Crippen LogP contribution in [0.5, 0.6) is 23.1 Å². The fraction of sp³-hybridized carbons (Fsp3) is 0.542. The van der Waals surface area contributed by atoms with Gasteiger partial charge in [0.25, 0.3) is 5.56 Å². The summed E-state index contributed by atoms with van der Waals surface area (Å²) in [4.78, 5) is 22.1. The van der Waals surface area contributed by atoms with E-state index in [1.165, 1.54) is 12.6 Å². The van der Waals surface area contributed by atoms with E-state index >= 15 is 0 Å². The summed E-state index contributed by atoms with van der Waals surface area (Å²) < 4.78 is 18.9. The minimum atomic E-state index is -0.434. The number of nitrogens with zero attached hydrogens (tertiary/aromatic N) is 3. The van der Waals surface area contributed by atoms with Crippen molar-refractivity contribution in [3.05, 3.63) is 37.9 Å². The molecule has 0 spiro atoms. The standard InChI is InChI=1S/C24H30N4O5S/c1-27-9-8-14-10-18-20(33-13-32-18)21(31-2)19(14)17(27)12-25-11-16-22(29)26-24(34)28(23(16)30)15-6-4-3-5-7-15/h10-11,15,17,30H,3-9,12-13H2,1-2H3,(H,26,29,34)/t17-/m1/s1. The van der Waals surface area contributed by atoms with Crippen molar-refractivity contribution in [2.45, 2.75) is 50.6 Å². The van der Waals surface area contributed by atoms with E-state index < -0.39 is 5.56 Å². The molecule has 1 fully saturated rings. The third-order valence-electron chi connectivity index (χ3n) is 7.14. The van der Waals surface area contributed by atoms with Gasteiger partial charge in [0.05, 0.1) is 19.7 Å². The number of ether oxygens (including phenoxy) is 3. The predicted octanol–water partition coefficient (Wildman–Crippen LogP) is 3.50. The molecule has 10 heteroatoms. The zero-order valence-electron chi connectivity index (χ0n) is 19.5. The molecule has 1 aromatic carbocycles. The molecule has 0 bridgehead atoms. The average Bonchev–Trinajstić information content (AvgIpc) is 3.30. The van der Waals surface area contributed by atoms with Crippen molar-refractivity contribution in [2.24, 2.45) is 4.99 Å². The van der Waals surface area contributed by atoms with Crippen LogP contribution in [0, 0.1) is 4.77 Å². The predicted molar refractivity (Wildman–Crippen MR) is 130 cm³/mol. The Morgan fingerprint density at radius 2 is 2.12 bits per heavy atom. The van der Waals surface area contributed by atoms with Gasteiger partial charge in [0.15, 0.2) is 16.3 Å². The molecule has 1 atom stereocenters. The van der Waals surface area contributed by atoms with Crippen molar-refractivity contribution in [1.29, 1.82) is 0 Å². The number of likely N-dealkylation sites (N-methyl/N-ethyl adjacent to an activating group) is 1. The van der Waals surface area contributed by atoms with Gasteiger partial charge >= 0.3 is 0 Å². The molecule has 5 rings (SSSR count). The quantitative estimate of drug-likeness (QED) is 0.493. The summed E-state index contributed by atoms with van der Waals surface area (Å²) in [6.45, 7) is 1.42. The van der Waals surface area contributed by atoms with E-state index in [-0.39, 0.29) is 35.1 Å². The first-order valence-electron chi connectivity index (χ1n) is 11.8. The summed E-state index contributed by atoms with van der Waals surface area (Å²) in [6, 6.07) is 2.04. The highest BCUT2D eigenvalue weighted by Gasteiger charge is 2.33. The molecular formula is C24H30N4O5S. The first-order chi connectivity index (χ1) is 16.5. The maximum atomic E-state index is 12.6. The van der Waals surface area contributed by atoms with Crippen LogP contribution in [0.25, 0.3) is 0 Å². The van der Waals surface area contributed by atoms with Crippen LogP contribution in [-0.2, 0) is 6.42 Å². The van der Waals surface area contributed by atoms with Crippen molar-refractivity contribution in [3.8, 4) is 23.1 Å². The molecule has 0 saturated heterocycles. The molecule has 3 heterocycles. The number of aromatic amines is 1. The lowest BCUT2D eigenvalue weighted by Crippen LogP contribution is -2.34.